The fourth-order valence-electron chi connectivity index (χ4n) is 2.37. The van der Waals surface area contributed by atoms with Gasteiger partial charge in [0.15, 0.2) is 0 Å². The van der Waals surface area contributed by atoms with E-state index in [0.29, 0.717) is 12.5 Å². The highest BCUT2D eigenvalue weighted by Crippen LogP contribution is 2.26. The van der Waals surface area contributed by atoms with Crippen molar-refractivity contribution in [2.75, 3.05) is 19.7 Å². The molecule has 0 spiro atoms. The van der Waals surface area contributed by atoms with Crippen molar-refractivity contribution in [3.63, 3.8) is 0 Å². The molecule has 0 aliphatic carbocycles. The van der Waals surface area contributed by atoms with Gasteiger partial charge in [0.1, 0.15) is 0 Å². The molecule has 0 aromatic carbocycles. The molecular formula is C12H18BrNOS. The van der Waals surface area contributed by atoms with Crippen molar-refractivity contribution >= 4 is 27.3 Å². The Morgan fingerprint density at radius 1 is 1.50 bits per heavy atom. The number of likely N-dealkylation sites (tertiary alicyclic amines) is 1. The van der Waals surface area contributed by atoms with Gasteiger partial charge in [-0.05, 0) is 59.8 Å². The summed E-state index contributed by atoms with van der Waals surface area (Å²) in [6.45, 7) is 3.76. The van der Waals surface area contributed by atoms with Crippen molar-refractivity contribution in [2.24, 2.45) is 5.92 Å². The molecular weight excluding hydrogens is 286 g/mol. The van der Waals surface area contributed by atoms with E-state index in [1.165, 1.54) is 28.0 Å². The van der Waals surface area contributed by atoms with Gasteiger partial charge in [0.05, 0.1) is 3.79 Å². The minimum absolute atomic E-state index is 0.336. The molecule has 16 heavy (non-hydrogen) atoms. The maximum Gasteiger partial charge on any atom is 0.0701 e. The van der Waals surface area contributed by atoms with Crippen LogP contribution in [0.25, 0.3) is 0 Å². The van der Waals surface area contributed by atoms with Gasteiger partial charge in [-0.25, -0.2) is 0 Å². The van der Waals surface area contributed by atoms with E-state index >= 15 is 0 Å². The quantitative estimate of drug-likeness (QED) is 0.924. The van der Waals surface area contributed by atoms with Crippen LogP contribution in [-0.4, -0.2) is 29.7 Å². The van der Waals surface area contributed by atoms with Crippen LogP contribution in [-0.2, 0) is 6.54 Å². The lowest BCUT2D eigenvalue weighted by atomic mass is 9.95. The molecule has 1 fully saturated rings. The summed E-state index contributed by atoms with van der Waals surface area (Å²) in [6.07, 6.45) is 3.52. The molecule has 0 bridgehead atoms. The average molecular weight is 304 g/mol. The second-order valence-corrected chi connectivity index (χ2v) is 7.01. The third kappa shape index (κ3) is 3.55. The van der Waals surface area contributed by atoms with Crippen LogP contribution in [0.2, 0.25) is 0 Å². The standard InChI is InChI=1S/C12H18BrNOS/c13-12-4-3-11(16-12)9-14-6-1-2-10(8-14)5-7-15/h3-4,10,15H,1-2,5-9H2. The largest absolute Gasteiger partial charge is 0.396 e. The van der Waals surface area contributed by atoms with Gasteiger partial charge in [-0.15, -0.1) is 11.3 Å². The first kappa shape index (κ1) is 12.6. The fraction of sp³-hybridized carbons (Fsp3) is 0.667. The number of nitrogens with zero attached hydrogens (tertiary/aromatic N) is 1. The molecule has 0 saturated carbocycles. The number of aliphatic hydroxyl groups is 1. The van der Waals surface area contributed by atoms with E-state index in [-0.39, 0.29) is 0 Å². The van der Waals surface area contributed by atoms with Crippen LogP contribution >= 0.6 is 27.3 Å². The Kier molecular flexibility index (Phi) is 4.82. The lowest BCUT2D eigenvalue weighted by Gasteiger charge is -2.32. The number of hydrogen-bond donors (Lipinski definition) is 1. The maximum atomic E-state index is 8.98. The third-order valence-corrected chi connectivity index (χ3v) is 4.76. The number of halogens is 1. The van der Waals surface area contributed by atoms with Crippen molar-refractivity contribution in [2.45, 2.75) is 25.8 Å². The second kappa shape index (κ2) is 6.15. The zero-order valence-corrected chi connectivity index (χ0v) is 11.8. The van der Waals surface area contributed by atoms with Crippen LogP contribution < -0.4 is 0 Å². The van der Waals surface area contributed by atoms with E-state index in [9.17, 15) is 0 Å². The predicted molar refractivity (Wildman–Crippen MR) is 71.7 cm³/mol. The van der Waals surface area contributed by atoms with Crippen molar-refractivity contribution in [3.8, 4) is 0 Å². The first-order chi connectivity index (χ1) is 7.78. The van der Waals surface area contributed by atoms with Crippen LogP contribution in [0.5, 0.6) is 0 Å². The summed E-state index contributed by atoms with van der Waals surface area (Å²) < 4.78 is 1.21. The van der Waals surface area contributed by atoms with E-state index in [1.807, 2.05) is 11.3 Å². The van der Waals surface area contributed by atoms with Gasteiger partial charge in [0, 0.05) is 24.6 Å². The first-order valence-electron chi connectivity index (χ1n) is 5.85. The van der Waals surface area contributed by atoms with Gasteiger partial charge in [0.2, 0.25) is 0 Å². The molecule has 2 nitrogen and oxygen atoms in total. The summed E-state index contributed by atoms with van der Waals surface area (Å²) >= 11 is 5.32. The molecule has 1 aliphatic heterocycles. The SMILES string of the molecule is OCCC1CCCN(Cc2ccc(Br)s2)C1. The molecule has 1 aliphatic rings. The van der Waals surface area contributed by atoms with Crippen molar-refractivity contribution < 1.29 is 5.11 Å². The second-order valence-electron chi connectivity index (χ2n) is 4.46. The van der Waals surface area contributed by atoms with E-state index < -0.39 is 0 Å². The van der Waals surface area contributed by atoms with E-state index in [2.05, 4.69) is 33.0 Å². The smallest absolute Gasteiger partial charge is 0.0701 e. The zero-order chi connectivity index (χ0) is 11.4. The highest BCUT2D eigenvalue weighted by atomic mass is 79.9. The predicted octanol–water partition coefficient (Wildman–Crippen LogP) is 3.11. The Hall–Kier alpha value is 0.1000. The molecule has 2 heterocycles. The van der Waals surface area contributed by atoms with Gasteiger partial charge < -0.3 is 5.11 Å². The Balaban J connectivity index is 1.85. The Bertz CT molecular complexity index is 327. The molecule has 1 aromatic heterocycles. The molecule has 1 N–H and O–H groups in total. The average Bonchev–Trinajstić information content (AvgIpc) is 2.65. The summed E-state index contributed by atoms with van der Waals surface area (Å²) in [6, 6.07) is 4.32. The van der Waals surface area contributed by atoms with Crippen LogP contribution in [0.15, 0.2) is 15.9 Å². The Morgan fingerprint density at radius 3 is 3.06 bits per heavy atom. The highest BCUT2D eigenvalue weighted by Gasteiger charge is 2.19. The molecule has 1 atom stereocenters. The molecule has 0 amide bonds. The summed E-state index contributed by atoms with van der Waals surface area (Å²) in [5.74, 6) is 0.696. The molecule has 1 saturated heterocycles. The molecule has 0 radical (unpaired) electrons. The normalized spacial score (nSPS) is 22.5. The maximum absolute atomic E-state index is 8.98. The number of thiophene rings is 1. The van der Waals surface area contributed by atoms with Gasteiger partial charge in [-0.1, -0.05) is 0 Å². The first-order valence-corrected chi connectivity index (χ1v) is 7.46. The molecule has 1 unspecified atom stereocenters. The minimum Gasteiger partial charge on any atom is -0.396 e. The topological polar surface area (TPSA) is 23.5 Å². The van der Waals surface area contributed by atoms with Gasteiger partial charge in [-0.2, -0.15) is 0 Å². The van der Waals surface area contributed by atoms with Crippen molar-refractivity contribution in [3.05, 3.63) is 20.8 Å². The fourth-order valence-corrected chi connectivity index (χ4v) is 3.90. The third-order valence-electron chi connectivity index (χ3n) is 3.15. The van der Waals surface area contributed by atoms with E-state index in [1.54, 1.807) is 0 Å². The van der Waals surface area contributed by atoms with Crippen LogP contribution in [0.3, 0.4) is 0 Å². The number of rotatable bonds is 4. The molecule has 4 heteroatoms. The highest BCUT2D eigenvalue weighted by molar-refractivity contribution is 9.11. The molecule has 2 rings (SSSR count). The molecule has 1 aromatic rings. The van der Waals surface area contributed by atoms with Crippen molar-refractivity contribution in [1.82, 2.24) is 4.90 Å². The van der Waals surface area contributed by atoms with E-state index in [4.69, 9.17) is 5.11 Å². The van der Waals surface area contributed by atoms with Gasteiger partial charge >= 0.3 is 0 Å². The number of aliphatic hydroxyl groups excluding tert-OH is 1. The van der Waals surface area contributed by atoms with Gasteiger partial charge in [0.25, 0.3) is 0 Å². The lowest BCUT2D eigenvalue weighted by molar-refractivity contribution is 0.143. The zero-order valence-electron chi connectivity index (χ0n) is 9.36. The van der Waals surface area contributed by atoms with Gasteiger partial charge in [-0.3, -0.25) is 4.90 Å². The minimum atomic E-state index is 0.336. The Labute approximate surface area is 109 Å². The number of hydrogen-bond acceptors (Lipinski definition) is 3. The van der Waals surface area contributed by atoms with Crippen LogP contribution in [0, 0.1) is 5.92 Å². The summed E-state index contributed by atoms with van der Waals surface area (Å²) in [4.78, 5) is 3.94. The Morgan fingerprint density at radius 2 is 2.38 bits per heavy atom. The summed E-state index contributed by atoms with van der Waals surface area (Å²) in [5, 5.41) is 8.98. The summed E-state index contributed by atoms with van der Waals surface area (Å²) in [7, 11) is 0. The monoisotopic (exact) mass is 303 g/mol. The molecule has 90 valence electrons. The van der Waals surface area contributed by atoms with Crippen LogP contribution in [0.1, 0.15) is 24.1 Å². The number of piperidine rings is 1. The van der Waals surface area contributed by atoms with E-state index in [0.717, 1.165) is 19.5 Å². The lowest BCUT2D eigenvalue weighted by Crippen LogP contribution is -2.35. The van der Waals surface area contributed by atoms with Crippen molar-refractivity contribution in [1.29, 1.82) is 0 Å². The van der Waals surface area contributed by atoms with Crippen LogP contribution in [0.4, 0.5) is 0 Å². The summed E-state index contributed by atoms with van der Waals surface area (Å²) in [5.41, 5.74) is 0.